The number of carboxylic acids is 1. The molecule has 0 bridgehead atoms. The van der Waals surface area contributed by atoms with Crippen LogP contribution in [-0.4, -0.2) is 60.3 Å². The van der Waals surface area contributed by atoms with Gasteiger partial charge in [-0.15, -0.1) is 0 Å². The molecule has 0 aromatic carbocycles. The minimum Gasteiger partial charge on any atom is -0.480 e. The number of amides is 2. The highest BCUT2D eigenvalue weighted by molar-refractivity contribution is 5.99. The van der Waals surface area contributed by atoms with E-state index in [0.29, 0.717) is 0 Å². The summed E-state index contributed by atoms with van der Waals surface area (Å²) < 4.78 is 0. The molecular weight excluding hydrogens is 268 g/mol. The number of carbonyl (C=O) groups is 3. The van der Waals surface area contributed by atoms with Crippen molar-refractivity contribution in [2.75, 3.05) is 20.6 Å². The Hall–Kier alpha value is -2.65. The number of hydrogen-bond donors (Lipinski definition) is 4. The van der Waals surface area contributed by atoms with Gasteiger partial charge in [0.25, 0.3) is 0 Å². The molecule has 0 aromatic heterocycles. The lowest BCUT2D eigenvalue weighted by Gasteiger charge is -2.09. The molecule has 0 aliphatic rings. The van der Waals surface area contributed by atoms with E-state index in [-0.39, 0.29) is 24.8 Å². The standard InChI is InChI=1S/C10H18N6O4/c1-16(2)10(12)15-9(11)14-7(18)4-3-6(17)13-5-8(19)20/h3-5H2,1-2H3,(H,13,17)(H,19,20)(H4,11,12,14,15,18). The highest BCUT2D eigenvalue weighted by Crippen LogP contribution is 1.93. The van der Waals surface area contributed by atoms with Gasteiger partial charge < -0.3 is 26.8 Å². The van der Waals surface area contributed by atoms with E-state index in [1.54, 1.807) is 14.1 Å². The van der Waals surface area contributed by atoms with Gasteiger partial charge in [0.15, 0.2) is 5.96 Å². The van der Waals surface area contributed by atoms with Crippen molar-refractivity contribution < 1.29 is 19.5 Å². The smallest absolute Gasteiger partial charge is 0.322 e. The Morgan fingerprint density at radius 3 is 2.25 bits per heavy atom. The molecule has 0 aromatic rings. The molecule has 0 rings (SSSR count). The molecule has 20 heavy (non-hydrogen) atoms. The van der Waals surface area contributed by atoms with Crippen molar-refractivity contribution >= 4 is 29.7 Å². The average molecular weight is 286 g/mol. The van der Waals surface area contributed by atoms with Gasteiger partial charge in [0.2, 0.25) is 17.8 Å². The lowest BCUT2D eigenvalue weighted by molar-refractivity contribution is -0.138. The average Bonchev–Trinajstić information content (AvgIpc) is 2.33. The van der Waals surface area contributed by atoms with Crippen LogP contribution in [0.5, 0.6) is 0 Å². The summed E-state index contributed by atoms with van der Waals surface area (Å²) in [5, 5.41) is 10.5. The second-order valence-corrected chi connectivity index (χ2v) is 3.90. The van der Waals surface area contributed by atoms with Crippen molar-refractivity contribution in [3.05, 3.63) is 0 Å². The molecule has 10 heteroatoms. The predicted molar refractivity (Wildman–Crippen MR) is 71.8 cm³/mol. The molecule has 6 N–H and O–H groups in total. The largest absolute Gasteiger partial charge is 0.480 e. The fourth-order valence-corrected chi connectivity index (χ4v) is 0.909. The SMILES string of the molecule is CN(C)/C(N)=N/C(N)=NC(=O)CCC(=O)NCC(=O)O. The molecule has 10 nitrogen and oxygen atoms in total. The maximum atomic E-state index is 11.4. The van der Waals surface area contributed by atoms with Crippen LogP contribution in [-0.2, 0) is 14.4 Å². The fraction of sp³-hybridized carbons (Fsp3) is 0.500. The minimum atomic E-state index is -1.17. The van der Waals surface area contributed by atoms with E-state index in [1.165, 1.54) is 4.90 Å². The molecule has 0 fully saturated rings. The van der Waals surface area contributed by atoms with Crippen molar-refractivity contribution in [1.82, 2.24) is 10.2 Å². The first-order valence-electron chi connectivity index (χ1n) is 5.59. The second-order valence-electron chi connectivity index (χ2n) is 3.90. The lowest BCUT2D eigenvalue weighted by atomic mass is 10.3. The predicted octanol–water partition coefficient (Wildman–Crippen LogP) is -2.31. The quantitative estimate of drug-likeness (QED) is 0.325. The van der Waals surface area contributed by atoms with Crippen LogP contribution in [0.1, 0.15) is 12.8 Å². The van der Waals surface area contributed by atoms with Gasteiger partial charge in [-0.2, -0.15) is 9.98 Å². The van der Waals surface area contributed by atoms with Crippen LogP contribution in [0, 0.1) is 0 Å². The Morgan fingerprint density at radius 1 is 1.15 bits per heavy atom. The summed E-state index contributed by atoms with van der Waals surface area (Å²) in [6.07, 6.45) is -0.390. The van der Waals surface area contributed by atoms with Gasteiger partial charge >= 0.3 is 5.97 Å². The number of guanidine groups is 2. The number of nitrogens with zero attached hydrogens (tertiary/aromatic N) is 3. The molecule has 0 saturated heterocycles. The summed E-state index contributed by atoms with van der Waals surface area (Å²) in [7, 11) is 3.28. The van der Waals surface area contributed by atoms with Gasteiger partial charge in [0, 0.05) is 26.9 Å². The van der Waals surface area contributed by atoms with E-state index in [0.717, 1.165) is 0 Å². The number of aliphatic carboxylic acids is 1. The van der Waals surface area contributed by atoms with Crippen molar-refractivity contribution in [1.29, 1.82) is 0 Å². The van der Waals surface area contributed by atoms with Gasteiger partial charge in [0.05, 0.1) is 0 Å². The van der Waals surface area contributed by atoms with Crippen molar-refractivity contribution in [3.8, 4) is 0 Å². The molecule has 0 heterocycles. The maximum absolute atomic E-state index is 11.4. The molecule has 0 radical (unpaired) electrons. The Labute approximate surface area is 115 Å². The van der Waals surface area contributed by atoms with Gasteiger partial charge in [-0.25, -0.2) is 0 Å². The first kappa shape index (κ1) is 17.4. The molecular formula is C10H18N6O4. The first-order chi connectivity index (χ1) is 9.22. The summed E-state index contributed by atoms with van der Waals surface area (Å²) in [5.41, 5.74) is 10.8. The normalized spacial score (nSPS) is 11.9. The third-order valence-corrected chi connectivity index (χ3v) is 1.93. The third kappa shape index (κ3) is 8.44. The monoisotopic (exact) mass is 286 g/mol. The Bertz CT molecular complexity index is 443. The summed E-state index contributed by atoms with van der Waals surface area (Å²) >= 11 is 0. The summed E-state index contributed by atoms with van der Waals surface area (Å²) in [6.45, 7) is -0.498. The van der Waals surface area contributed by atoms with Crippen molar-refractivity contribution in [3.63, 3.8) is 0 Å². The maximum Gasteiger partial charge on any atom is 0.322 e. The first-order valence-corrected chi connectivity index (χ1v) is 5.59. The van der Waals surface area contributed by atoms with Crippen LogP contribution in [0.3, 0.4) is 0 Å². The van der Waals surface area contributed by atoms with E-state index < -0.39 is 24.3 Å². The van der Waals surface area contributed by atoms with E-state index in [9.17, 15) is 14.4 Å². The zero-order valence-electron chi connectivity index (χ0n) is 11.3. The van der Waals surface area contributed by atoms with E-state index in [2.05, 4.69) is 15.3 Å². The number of nitrogens with two attached hydrogens (primary N) is 2. The Morgan fingerprint density at radius 2 is 1.75 bits per heavy atom. The number of aliphatic imine (C=N–C) groups is 2. The summed E-state index contributed by atoms with van der Waals surface area (Å²) in [6, 6.07) is 0. The van der Waals surface area contributed by atoms with Gasteiger partial charge in [-0.3, -0.25) is 14.4 Å². The second kappa shape index (κ2) is 8.45. The van der Waals surface area contributed by atoms with Crippen molar-refractivity contribution in [2.45, 2.75) is 12.8 Å². The molecule has 0 saturated carbocycles. The zero-order valence-corrected chi connectivity index (χ0v) is 11.3. The molecule has 0 spiro atoms. The van der Waals surface area contributed by atoms with Crippen LogP contribution in [0.25, 0.3) is 0 Å². The molecule has 0 aliphatic carbocycles. The number of rotatable bonds is 5. The van der Waals surface area contributed by atoms with Crippen molar-refractivity contribution in [2.24, 2.45) is 21.5 Å². The number of carboxylic acid groups (broad SMARTS) is 1. The summed E-state index contributed by atoms with van der Waals surface area (Å²) in [4.78, 5) is 41.3. The molecule has 0 atom stereocenters. The lowest BCUT2D eigenvalue weighted by Crippen LogP contribution is -2.32. The van der Waals surface area contributed by atoms with Crippen LogP contribution in [0.15, 0.2) is 9.98 Å². The minimum absolute atomic E-state index is 0.0817. The third-order valence-electron chi connectivity index (χ3n) is 1.93. The van der Waals surface area contributed by atoms with Crippen LogP contribution >= 0.6 is 0 Å². The van der Waals surface area contributed by atoms with Crippen LogP contribution in [0.4, 0.5) is 0 Å². The molecule has 2 amide bonds. The van der Waals surface area contributed by atoms with Gasteiger partial charge in [-0.1, -0.05) is 0 Å². The number of hydrogen-bond acceptors (Lipinski definition) is 3. The Balaban J connectivity index is 4.26. The number of nitrogens with one attached hydrogen (secondary N) is 1. The Kier molecular flexibility index (Phi) is 7.33. The van der Waals surface area contributed by atoms with E-state index in [4.69, 9.17) is 16.6 Å². The van der Waals surface area contributed by atoms with Crippen LogP contribution in [0.2, 0.25) is 0 Å². The van der Waals surface area contributed by atoms with Gasteiger partial charge in [-0.05, 0) is 0 Å². The molecule has 0 aliphatic heterocycles. The number of carbonyl (C=O) groups excluding carboxylic acids is 2. The molecule has 112 valence electrons. The topological polar surface area (TPSA) is 163 Å². The highest BCUT2D eigenvalue weighted by Gasteiger charge is 2.08. The van der Waals surface area contributed by atoms with Gasteiger partial charge in [0.1, 0.15) is 6.54 Å². The molecule has 0 unspecified atom stereocenters. The summed E-state index contributed by atoms with van der Waals surface area (Å²) in [5.74, 6) is -2.61. The van der Waals surface area contributed by atoms with E-state index >= 15 is 0 Å². The van der Waals surface area contributed by atoms with Crippen LogP contribution < -0.4 is 16.8 Å². The zero-order chi connectivity index (χ0) is 15.7. The fourth-order valence-electron chi connectivity index (χ4n) is 0.909. The highest BCUT2D eigenvalue weighted by atomic mass is 16.4. The van der Waals surface area contributed by atoms with E-state index in [1.807, 2.05) is 0 Å².